The molecule has 0 saturated carbocycles. The van der Waals surface area contributed by atoms with Crippen LogP contribution >= 0.6 is 0 Å². The van der Waals surface area contributed by atoms with Crippen LogP contribution in [0.5, 0.6) is 0 Å². The van der Waals surface area contributed by atoms with Crippen molar-refractivity contribution in [2.45, 2.75) is 39.7 Å². The second kappa shape index (κ2) is 7.46. The van der Waals surface area contributed by atoms with E-state index in [-0.39, 0.29) is 5.91 Å². The molecule has 21 heavy (non-hydrogen) atoms. The number of carbonyl (C=O) groups is 1. The van der Waals surface area contributed by atoms with E-state index in [0.29, 0.717) is 12.3 Å². The Bertz CT molecular complexity index is 479. The summed E-state index contributed by atoms with van der Waals surface area (Å²) in [4.78, 5) is 13.5. The maximum Gasteiger partial charge on any atom is 0.217 e. The van der Waals surface area contributed by atoms with E-state index in [9.17, 15) is 4.79 Å². The van der Waals surface area contributed by atoms with Gasteiger partial charge in [0.1, 0.15) is 0 Å². The van der Waals surface area contributed by atoms with Gasteiger partial charge >= 0.3 is 0 Å². The number of nitrogens with one attached hydrogen (secondary N) is 1. The Balaban J connectivity index is 2.03. The summed E-state index contributed by atoms with van der Waals surface area (Å²) >= 11 is 0. The van der Waals surface area contributed by atoms with Crippen molar-refractivity contribution < 1.29 is 4.79 Å². The van der Waals surface area contributed by atoms with Crippen LogP contribution in [-0.2, 0) is 11.3 Å². The molecule has 4 heteroatoms. The van der Waals surface area contributed by atoms with Crippen LogP contribution in [0.3, 0.4) is 0 Å². The maximum atomic E-state index is 11.0. The van der Waals surface area contributed by atoms with Crippen molar-refractivity contribution >= 4 is 11.6 Å². The number of rotatable bonds is 6. The number of amides is 1. The molecule has 1 aliphatic rings. The molecule has 0 atom stereocenters. The molecule has 2 rings (SSSR count). The molecule has 0 aromatic heterocycles. The van der Waals surface area contributed by atoms with Crippen molar-refractivity contribution in [2.24, 2.45) is 11.7 Å². The molecule has 0 radical (unpaired) electrons. The Morgan fingerprint density at radius 1 is 1.38 bits per heavy atom. The lowest BCUT2D eigenvalue weighted by molar-refractivity contribution is -0.119. The van der Waals surface area contributed by atoms with E-state index in [1.807, 2.05) is 0 Å². The highest BCUT2D eigenvalue weighted by molar-refractivity contribution is 5.74. The Morgan fingerprint density at radius 2 is 2.10 bits per heavy atom. The highest BCUT2D eigenvalue weighted by atomic mass is 16.1. The normalized spacial score (nSPS) is 16.2. The predicted molar refractivity (Wildman–Crippen MR) is 87.3 cm³/mol. The quantitative estimate of drug-likeness (QED) is 0.844. The smallest absolute Gasteiger partial charge is 0.217 e. The highest BCUT2D eigenvalue weighted by Crippen LogP contribution is 2.28. The van der Waals surface area contributed by atoms with Gasteiger partial charge in [0.25, 0.3) is 0 Å². The highest BCUT2D eigenvalue weighted by Gasteiger charge is 2.22. The maximum absolute atomic E-state index is 11.0. The molecule has 116 valence electrons. The Hall–Kier alpha value is -1.55. The molecular weight excluding hydrogens is 262 g/mol. The largest absolute Gasteiger partial charge is 0.371 e. The van der Waals surface area contributed by atoms with Gasteiger partial charge in [-0.05, 0) is 43.9 Å². The lowest BCUT2D eigenvalue weighted by Crippen LogP contribution is -2.36. The SMILES string of the molecule is CCNCc1cc(C)ccc1N1CCC(CC(N)=O)CC1. The average Bonchev–Trinajstić information content (AvgIpc) is 2.46. The standard InChI is InChI=1S/C17H27N3O/c1-3-19-12-15-10-13(2)4-5-16(15)20-8-6-14(7-9-20)11-17(18)21/h4-5,10,14,19H,3,6-9,11-12H2,1-2H3,(H2,18,21). The van der Waals surface area contributed by atoms with Gasteiger partial charge in [0.15, 0.2) is 0 Å². The number of hydrogen-bond donors (Lipinski definition) is 2. The number of aryl methyl sites for hydroxylation is 1. The number of nitrogens with two attached hydrogens (primary N) is 1. The van der Waals surface area contributed by atoms with Gasteiger partial charge < -0.3 is 16.0 Å². The van der Waals surface area contributed by atoms with E-state index in [2.05, 4.69) is 42.3 Å². The molecule has 1 fully saturated rings. The molecule has 3 N–H and O–H groups in total. The minimum Gasteiger partial charge on any atom is -0.371 e. The number of nitrogens with zero attached hydrogens (tertiary/aromatic N) is 1. The van der Waals surface area contributed by atoms with Gasteiger partial charge in [-0.1, -0.05) is 24.6 Å². The van der Waals surface area contributed by atoms with Gasteiger partial charge in [0.05, 0.1) is 0 Å². The summed E-state index contributed by atoms with van der Waals surface area (Å²) in [6, 6.07) is 6.68. The van der Waals surface area contributed by atoms with E-state index in [0.717, 1.165) is 39.0 Å². The zero-order valence-electron chi connectivity index (χ0n) is 13.2. The fraction of sp³-hybridized carbons (Fsp3) is 0.588. The van der Waals surface area contributed by atoms with Gasteiger partial charge in [0, 0.05) is 31.7 Å². The number of carbonyl (C=O) groups excluding carboxylic acids is 1. The first kappa shape index (κ1) is 15.8. The van der Waals surface area contributed by atoms with E-state index < -0.39 is 0 Å². The van der Waals surface area contributed by atoms with Gasteiger partial charge in [0.2, 0.25) is 5.91 Å². The van der Waals surface area contributed by atoms with Gasteiger partial charge in [-0.25, -0.2) is 0 Å². The Labute approximate surface area is 127 Å². The van der Waals surface area contributed by atoms with Crippen molar-refractivity contribution in [3.05, 3.63) is 29.3 Å². The molecule has 1 aromatic carbocycles. The second-order valence-electron chi connectivity index (χ2n) is 6.01. The first-order valence-corrected chi connectivity index (χ1v) is 7.93. The third-order valence-electron chi connectivity index (χ3n) is 4.25. The summed E-state index contributed by atoms with van der Waals surface area (Å²) in [7, 11) is 0. The van der Waals surface area contributed by atoms with Gasteiger partial charge in [-0.15, -0.1) is 0 Å². The number of hydrogen-bond acceptors (Lipinski definition) is 3. The lowest BCUT2D eigenvalue weighted by atomic mass is 9.92. The summed E-state index contributed by atoms with van der Waals surface area (Å²) in [6.45, 7) is 8.19. The monoisotopic (exact) mass is 289 g/mol. The van der Waals surface area contributed by atoms with E-state index in [4.69, 9.17) is 5.73 Å². The van der Waals surface area contributed by atoms with Crippen molar-refractivity contribution in [3.63, 3.8) is 0 Å². The van der Waals surface area contributed by atoms with Crippen molar-refractivity contribution in [1.29, 1.82) is 0 Å². The first-order valence-electron chi connectivity index (χ1n) is 7.93. The molecule has 0 spiro atoms. The molecule has 0 aliphatic carbocycles. The van der Waals surface area contributed by atoms with E-state index in [1.165, 1.54) is 16.8 Å². The lowest BCUT2D eigenvalue weighted by Gasteiger charge is -2.34. The third kappa shape index (κ3) is 4.46. The number of benzene rings is 1. The van der Waals surface area contributed by atoms with Crippen LogP contribution in [-0.4, -0.2) is 25.5 Å². The molecule has 1 heterocycles. The topological polar surface area (TPSA) is 58.4 Å². The van der Waals surface area contributed by atoms with Gasteiger partial charge in [-0.3, -0.25) is 4.79 Å². The molecule has 1 saturated heterocycles. The van der Waals surface area contributed by atoms with Crippen LogP contribution < -0.4 is 16.0 Å². The fourth-order valence-electron chi connectivity index (χ4n) is 3.09. The summed E-state index contributed by atoms with van der Waals surface area (Å²) in [5.41, 5.74) is 9.30. The van der Waals surface area contributed by atoms with Gasteiger partial charge in [-0.2, -0.15) is 0 Å². The Morgan fingerprint density at radius 3 is 2.71 bits per heavy atom. The average molecular weight is 289 g/mol. The van der Waals surface area contributed by atoms with Crippen molar-refractivity contribution in [3.8, 4) is 0 Å². The molecule has 1 amide bonds. The van der Waals surface area contributed by atoms with Crippen LogP contribution in [0.4, 0.5) is 5.69 Å². The number of anilines is 1. The minimum atomic E-state index is -0.170. The molecule has 4 nitrogen and oxygen atoms in total. The Kier molecular flexibility index (Phi) is 5.62. The fourth-order valence-corrected chi connectivity index (χ4v) is 3.09. The summed E-state index contributed by atoms with van der Waals surface area (Å²) in [5.74, 6) is 0.290. The second-order valence-corrected chi connectivity index (χ2v) is 6.01. The van der Waals surface area contributed by atoms with Crippen LogP contribution in [0.25, 0.3) is 0 Å². The molecule has 1 aromatic rings. The molecule has 1 aliphatic heterocycles. The molecule has 0 unspecified atom stereocenters. The van der Waals surface area contributed by atoms with E-state index in [1.54, 1.807) is 0 Å². The van der Waals surface area contributed by atoms with Crippen LogP contribution in [0.2, 0.25) is 0 Å². The van der Waals surface area contributed by atoms with Crippen LogP contribution in [0.1, 0.15) is 37.3 Å². The number of piperidine rings is 1. The first-order chi connectivity index (χ1) is 10.1. The predicted octanol–water partition coefficient (Wildman–Crippen LogP) is 2.20. The van der Waals surface area contributed by atoms with Crippen LogP contribution in [0.15, 0.2) is 18.2 Å². The zero-order valence-corrected chi connectivity index (χ0v) is 13.2. The summed E-state index contributed by atoms with van der Waals surface area (Å²) in [6.07, 6.45) is 2.64. The molecule has 0 bridgehead atoms. The van der Waals surface area contributed by atoms with Crippen LogP contribution in [0, 0.1) is 12.8 Å². The zero-order chi connectivity index (χ0) is 15.2. The minimum absolute atomic E-state index is 0.170. The summed E-state index contributed by atoms with van der Waals surface area (Å²) in [5, 5.41) is 3.42. The summed E-state index contributed by atoms with van der Waals surface area (Å²) < 4.78 is 0. The van der Waals surface area contributed by atoms with Crippen molar-refractivity contribution in [1.82, 2.24) is 5.32 Å². The number of primary amides is 1. The third-order valence-corrected chi connectivity index (χ3v) is 4.25. The van der Waals surface area contributed by atoms with E-state index >= 15 is 0 Å². The molecular formula is C17H27N3O. The van der Waals surface area contributed by atoms with Crippen molar-refractivity contribution in [2.75, 3.05) is 24.5 Å².